The summed E-state index contributed by atoms with van der Waals surface area (Å²) in [5.74, 6) is 0.261. The molecule has 1 N–H and O–H groups in total. The van der Waals surface area contributed by atoms with Crippen molar-refractivity contribution in [2.75, 3.05) is 0 Å². The summed E-state index contributed by atoms with van der Waals surface area (Å²) < 4.78 is 0. The molecule has 2 heteroatoms. The molecule has 2 aromatic rings. The quantitative estimate of drug-likeness (QED) is 0.744. The highest BCUT2D eigenvalue weighted by Gasteiger charge is 2.04. The van der Waals surface area contributed by atoms with Crippen LogP contribution in [-0.2, 0) is 6.42 Å². The van der Waals surface area contributed by atoms with E-state index >= 15 is 0 Å². The Labute approximate surface area is 83.2 Å². The van der Waals surface area contributed by atoms with Crippen LogP contribution in [0.1, 0.15) is 18.2 Å². The van der Waals surface area contributed by atoms with E-state index in [4.69, 9.17) is 0 Å². The Hall–Kier alpha value is -1.57. The Morgan fingerprint density at radius 1 is 1.36 bits per heavy atom. The van der Waals surface area contributed by atoms with E-state index in [1.807, 2.05) is 12.1 Å². The van der Waals surface area contributed by atoms with Gasteiger partial charge in [-0.1, -0.05) is 19.1 Å². The van der Waals surface area contributed by atoms with Crippen molar-refractivity contribution in [2.45, 2.75) is 20.3 Å². The lowest BCUT2D eigenvalue weighted by molar-refractivity contribution is 0.480. The van der Waals surface area contributed by atoms with Crippen LogP contribution in [0.15, 0.2) is 24.3 Å². The maximum Gasteiger partial charge on any atom is 0.141 e. The Kier molecular flexibility index (Phi) is 2.12. The number of phenolic OH excluding ortho intramolecular Hbond substituents is 1. The molecule has 2 rings (SSSR count). The molecule has 0 amide bonds. The molecule has 0 aliphatic heterocycles. The lowest BCUT2D eigenvalue weighted by Crippen LogP contribution is -1.92. The smallest absolute Gasteiger partial charge is 0.141 e. The van der Waals surface area contributed by atoms with Gasteiger partial charge in [0.25, 0.3) is 0 Å². The third kappa shape index (κ3) is 1.33. The lowest BCUT2D eigenvalue weighted by Gasteiger charge is -2.05. The summed E-state index contributed by atoms with van der Waals surface area (Å²) in [7, 11) is 0. The summed E-state index contributed by atoms with van der Waals surface area (Å²) in [6.45, 7) is 4.12. The van der Waals surface area contributed by atoms with Crippen molar-refractivity contribution in [2.24, 2.45) is 0 Å². The van der Waals surface area contributed by atoms with Crippen LogP contribution < -0.4 is 0 Å². The number of aromatic nitrogens is 1. The molecule has 0 aliphatic carbocycles. The van der Waals surface area contributed by atoms with Crippen molar-refractivity contribution in [3.8, 4) is 5.75 Å². The van der Waals surface area contributed by atoms with Gasteiger partial charge in [0.1, 0.15) is 11.3 Å². The second-order valence-electron chi connectivity index (χ2n) is 3.45. The van der Waals surface area contributed by atoms with Gasteiger partial charge in [0.05, 0.1) is 0 Å². The minimum atomic E-state index is 0.261. The Morgan fingerprint density at radius 3 is 2.86 bits per heavy atom. The third-order valence-corrected chi connectivity index (χ3v) is 2.45. The van der Waals surface area contributed by atoms with Crippen LogP contribution in [-0.4, -0.2) is 10.1 Å². The van der Waals surface area contributed by atoms with E-state index in [0.717, 1.165) is 17.5 Å². The zero-order chi connectivity index (χ0) is 10.1. The molecule has 0 unspecified atom stereocenters. The normalized spacial score (nSPS) is 10.7. The number of rotatable bonds is 1. The zero-order valence-corrected chi connectivity index (χ0v) is 8.41. The van der Waals surface area contributed by atoms with Crippen LogP contribution in [0.2, 0.25) is 0 Å². The molecule has 2 nitrogen and oxygen atoms in total. The Balaban J connectivity index is 2.80. The van der Waals surface area contributed by atoms with Gasteiger partial charge in [-0.2, -0.15) is 0 Å². The van der Waals surface area contributed by atoms with Gasteiger partial charge in [-0.25, -0.2) is 4.98 Å². The summed E-state index contributed by atoms with van der Waals surface area (Å²) in [5, 5.41) is 10.6. The molecule has 1 heterocycles. The number of hydrogen-bond acceptors (Lipinski definition) is 2. The fraction of sp³-hybridized carbons (Fsp3) is 0.250. The molecule has 72 valence electrons. The van der Waals surface area contributed by atoms with Gasteiger partial charge in [0.15, 0.2) is 0 Å². The van der Waals surface area contributed by atoms with E-state index in [2.05, 4.69) is 24.9 Å². The van der Waals surface area contributed by atoms with Gasteiger partial charge in [-0.15, -0.1) is 0 Å². The van der Waals surface area contributed by atoms with E-state index in [-0.39, 0.29) is 5.75 Å². The van der Waals surface area contributed by atoms with Crippen molar-refractivity contribution in [3.05, 3.63) is 35.5 Å². The SMILES string of the molecule is CCc1nc2c(O)cccc2cc1C. The fourth-order valence-corrected chi connectivity index (χ4v) is 1.68. The first-order chi connectivity index (χ1) is 6.72. The minimum absolute atomic E-state index is 0.261. The van der Waals surface area contributed by atoms with Crippen molar-refractivity contribution >= 4 is 10.9 Å². The number of nitrogens with zero attached hydrogens (tertiary/aromatic N) is 1. The van der Waals surface area contributed by atoms with E-state index in [1.165, 1.54) is 5.56 Å². The van der Waals surface area contributed by atoms with Crippen LogP contribution in [0.4, 0.5) is 0 Å². The number of aromatic hydroxyl groups is 1. The lowest BCUT2D eigenvalue weighted by atomic mass is 10.1. The molecule has 0 spiro atoms. The van der Waals surface area contributed by atoms with Gasteiger partial charge < -0.3 is 5.11 Å². The first-order valence-corrected chi connectivity index (χ1v) is 4.80. The van der Waals surface area contributed by atoms with E-state index in [1.54, 1.807) is 6.07 Å². The van der Waals surface area contributed by atoms with Crippen molar-refractivity contribution in [1.82, 2.24) is 4.98 Å². The first kappa shape index (κ1) is 9.00. The second kappa shape index (κ2) is 3.29. The molecule has 1 aromatic heterocycles. The number of aryl methyl sites for hydroxylation is 2. The molecule has 0 atom stereocenters. The first-order valence-electron chi connectivity index (χ1n) is 4.80. The molecule has 0 fully saturated rings. The summed E-state index contributed by atoms with van der Waals surface area (Å²) in [6.07, 6.45) is 0.899. The maximum atomic E-state index is 9.62. The standard InChI is InChI=1S/C12H13NO/c1-3-10-8(2)7-9-5-4-6-11(14)12(9)13-10/h4-7,14H,3H2,1-2H3. The van der Waals surface area contributed by atoms with E-state index < -0.39 is 0 Å². The monoisotopic (exact) mass is 187 g/mol. The molecule has 0 saturated carbocycles. The second-order valence-corrected chi connectivity index (χ2v) is 3.45. The number of hydrogen-bond donors (Lipinski definition) is 1. The number of fused-ring (bicyclic) bond motifs is 1. The topological polar surface area (TPSA) is 33.1 Å². The molecular weight excluding hydrogens is 174 g/mol. The Bertz CT molecular complexity index is 477. The molecule has 0 radical (unpaired) electrons. The highest BCUT2D eigenvalue weighted by Crippen LogP contribution is 2.24. The maximum absolute atomic E-state index is 9.62. The molecule has 14 heavy (non-hydrogen) atoms. The number of phenols is 1. The van der Waals surface area contributed by atoms with Crippen LogP contribution in [0.3, 0.4) is 0 Å². The van der Waals surface area contributed by atoms with E-state index in [0.29, 0.717) is 5.52 Å². The summed E-state index contributed by atoms with van der Waals surface area (Å²) in [4.78, 5) is 4.44. The van der Waals surface area contributed by atoms with Crippen molar-refractivity contribution in [1.29, 1.82) is 0 Å². The van der Waals surface area contributed by atoms with Crippen molar-refractivity contribution < 1.29 is 5.11 Å². The number of pyridine rings is 1. The third-order valence-electron chi connectivity index (χ3n) is 2.45. The summed E-state index contributed by atoms with van der Waals surface area (Å²) >= 11 is 0. The van der Waals surface area contributed by atoms with Gasteiger partial charge >= 0.3 is 0 Å². The average molecular weight is 187 g/mol. The van der Waals surface area contributed by atoms with Gasteiger partial charge in [-0.3, -0.25) is 0 Å². The molecule has 1 aromatic carbocycles. The largest absolute Gasteiger partial charge is 0.506 e. The molecule has 0 aliphatic rings. The molecule has 0 bridgehead atoms. The van der Waals surface area contributed by atoms with Crippen LogP contribution in [0, 0.1) is 6.92 Å². The molecular formula is C12H13NO. The number of benzene rings is 1. The van der Waals surface area contributed by atoms with Crippen LogP contribution >= 0.6 is 0 Å². The van der Waals surface area contributed by atoms with Gasteiger partial charge in [0.2, 0.25) is 0 Å². The highest BCUT2D eigenvalue weighted by atomic mass is 16.3. The number of para-hydroxylation sites is 1. The zero-order valence-electron chi connectivity index (χ0n) is 8.41. The highest BCUT2D eigenvalue weighted by molar-refractivity contribution is 5.84. The predicted octanol–water partition coefficient (Wildman–Crippen LogP) is 2.81. The minimum Gasteiger partial charge on any atom is -0.506 e. The summed E-state index contributed by atoms with van der Waals surface area (Å²) in [5.41, 5.74) is 2.94. The average Bonchev–Trinajstić information content (AvgIpc) is 2.17. The van der Waals surface area contributed by atoms with Gasteiger partial charge in [0, 0.05) is 11.1 Å². The van der Waals surface area contributed by atoms with E-state index in [9.17, 15) is 5.11 Å². The van der Waals surface area contributed by atoms with Crippen molar-refractivity contribution in [3.63, 3.8) is 0 Å². The predicted molar refractivity (Wildman–Crippen MR) is 57.5 cm³/mol. The Morgan fingerprint density at radius 2 is 2.14 bits per heavy atom. The van der Waals surface area contributed by atoms with Gasteiger partial charge in [-0.05, 0) is 31.0 Å². The fourth-order valence-electron chi connectivity index (χ4n) is 1.68. The summed E-state index contributed by atoms with van der Waals surface area (Å²) in [6, 6.07) is 7.55. The van der Waals surface area contributed by atoms with Crippen LogP contribution in [0.5, 0.6) is 5.75 Å². The molecule has 0 saturated heterocycles. The van der Waals surface area contributed by atoms with Crippen LogP contribution in [0.25, 0.3) is 10.9 Å².